The molecular formula is C16H16N2O2. The molecule has 3 aromatic rings. The van der Waals surface area contributed by atoms with Gasteiger partial charge in [-0.15, -0.1) is 0 Å². The van der Waals surface area contributed by atoms with Crippen molar-refractivity contribution >= 4 is 5.65 Å². The third kappa shape index (κ3) is 2.32. The molecule has 0 aliphatic heterocycles. The molecule has 4 heteroatoms. The Labute approximate surface area is 117 Å². The number of benzene rings is 1. The molecule has 0 saturated carbocycles. The molecule has 0 fully saturated rings. The molecule has 0 amide bonds. The highest BCUT2D eigenvalue weighted by Gasteiger charge is 2.07. The van der Waals surface area contributed by atoms with Crippen LogP contribution in [-0.2, 0) is 0 Å². The van der Waals surface area contributed by atoms with Crippen molar-refractivity contribution in [1.29, 1.82) is 0 Å². The van der Waals surface area contributed by atoms with Gasteiger partial charge in [0.25, 0.3) is 0 Å². The molecule has 1 N–H and O–H groups in total. The number of imidazole rings is 1. The van der Waals surface area contributed by atoms with Crippen LogP contribution >= 0.6 is 0 Å². The van der Waals surface area contributed by atoms with Gasteiger partial charge < -0.3 is 14.2 Å². The van der Waals surface area contributed by atoms with Crippen molar-refractivity contribution in [2.45, 2.75) is 13.3 Å². The summed E-state index contributed by atoms with van der Waals surface area (Å²) in [4.78, 5) is 4.45. The van der Waals surface area contributed by atoms with E-state index < -0.39 is 0 Å². The summed E-state index contributed by atoms with van der Waals surface area (Å²) < 4.78 is 7.37. The second kappa shape index (κ2) is 5.25. The van der Waals surface area contributed by atoms with Gasteiger partial charge >= 0.3 is 0 Å². The lowest BCUT2D eigenvalue weighted by molar-refractivity contribution is 0.317. The van der Waals surface area contributed by atoms with Crippen LogP contribution in [0.5, 0.6) is 11.5 Å². The minimum absolute atomic E-state index is 0.182. The number of nitrogens with zero attached hydrogens (tertiary/aromatic N) is 2. The van der Waals surface area contributed by atoms with Gasteiger partial charge in [-0.05, 0) is 42.8 Å². The maximum Gasteiger partial charge on any atom is 0.180 e. The lowest BCUT2D eigenvalue weighted by Crippen LogP contribution is -1.94. The predicted octanol–water partition coefficient (Wildman–Crippen LogP) is 3.50. The summed E-state index contributed by atoms with van der Waals surface area (Å²) in [7, 11) is 0. The van der Waals surface area contributed by atoms with Gasteiger partial charge in [0.1, 0.15) is 5.75 Å². The van der Waals surface area contributed by atoms with Crippen LogP contribution in [0.3, 0.4) is 0 Å². The monoisotopic (exact) mass is 268 g/mol. The average Bonchev–Trinajstić information content (AvgIpc) is 2.91. The molecule has 4 nitrogen and oxygen atoms in total. The van der Waals surface area contributed by atoms with Gasteiger partial charge in [0, 0.05) is 18.0 Å². The van der Waals surface area contributed by atoms with Gasteiger partial charge in [0.2, 0.25) is 0 Å². The SMILES string of the molecule is CCCOc1ccc(-c2cn3cccc(O)c3n2)cc1. The van der Waals surface area contributed by atoms with Crippen molar-refractivity contribution in [3.63, 3.8) is 0 Å². The van der Waals surface area contributed by atoms with Gasteiger partial charge in [-0.2, -0.15) is 0 Å². The van der Waals surface area contributed by atoms with Crippen LogP contribution in [0.15, 0.2) is 48.8 Å². The number of ether oxygens (including phenoxy) is 1. The summed E-state index contributed by atoms with van der Waals surface area (Å²) >= 11 is 0. The molecule has 0 radical (unpaired) electrons. The van der Waals surface area contributed by atoms with Crippen LogP contribution in [0.4, 0.5) is 0 Å². The quantitative estimate of drug-likeness (QED) is 0.787. The van der Waals surface area contributed by atoms with Crippen LogP contribution in [0.25, 0.3) is 16.9 Å². The number of hydrogen-bond acceptors (Lipinski definition) is 3. The van der Waals surface area contributed by atoms with Crippen LogP contribution in [0, 0.1) is 0 Å². The van der Waals surface area contributed by atoms with E-state index in [0.29, 0.717) is 5.65 Å². The van der Waals surface area contributed by atoms with Gasteiger partial charge in [0.15, 0.2) is 11.4 Å². The fourth-order valence-electron chi connectivity index (χ4n) is 2.08. The summed E-state index contributed by atoms with van der Waals surface area (Å²) in [6.45, 7) is 2.80. The predicted molar refractivity (Wildman–Crippen MR) is 78.1 cm³/mol. The number of aromatic hydroxyl groups is 1. The van der Waals surface area contributed by atoms with Crippen LogP contribution in [-0.4, -0.2) is 21.1 Å². The smallest absolute Gasteiger partial charge is 0.180 e. The van der Waals surface area contributed by atoms with Crippen molar-refractivity contribution < 1.29 is 9.84 Å². The molecule has 2 heterocycles. The molecule has 20 heavy (non-hydrogen) atoms. The Kier molecular flexibility index (Phi) is 3.29. The molecule has 0 saturated heterocycles. The molecule has 0 spiro atoms. The molecular weight excluding hydrogens is 252 g/mol. The highest BCUT2D eigenvalue weighted by molar-refractivity contribution is 5.66. The maximum atomic E-state index is 9.77. The minimum Gasteiger partial charge on any atom is -0.504 e. The van der Waals surface area contributed by atoms with Crippen LogP contribution in [0.2, 0.25) is 0 Å². The molecule has 0 aliphatic carbocycles. The number of rotatable bonds is 4. The molecule has 2 aromatic heterocycles. The van der Waals surface area contributed by atoms with E-state index in [-0.39, 0.29) is 5.75 Å². The first-order valence-corrected chi connectivity index (χ1v) is 6.68. The average molecular weight is 268 g/mol. The highest BCUT2D eigenvalue weighted by atomic mass is 16.5. The Balaban J connectivity index is 1.92. The Morgan fingerprint density at radius 2 is 2.00 bits per heavy atom. The van der Waals surface area contributed by atoms with Crippen molar-refractivity contribution in [3.05, 3.63) is 48.8 Å². The highest BCUT2D eigenvalue weighted by Crippen LogP contribution is 2.25. The number of fused-ring (bicyclic) bond motifs is 1. The van der Waals surface area contributed by atoms with E-state index in [9.17, 15) is 5.11 Å². The van der Waals surface area contributed by atoms with Crippen molar-refractivity contribution in [2.24, 2.45) is 0 Å². The molecule has 1 aromatic carbocycles. The van der Waals surface area contributed by atoms with Gasteiger partial charge in [0.05, 0.1) is 12.3 Å². The molecule has 3 rings (SSSR count). The van der Waals surface area contributed by atoms with E-state index in [1.54, 1.807) is 12.1 Å². The van der Waals surface area contributed by atoms with E-state index in [2.05, 4.69) is 11.9 Å². The second-order valence-electron chi connectivity index (χ2n) is 4.62. The zero-order valence-corrected chi connectivity index (χ0v) is 11.3. The number of hydrogen-bond donors (Lipinski definition) is 1. The minimum atomic E-state index is 0.182. The molecule has 0 bridgehead atoms. The Morgan fingerprint density at radius 1 is 1.20 bits per heavy atom. The Hall–Kier alpha value is -2.49. The van der Waals surface area contributed by atoms with E-state index >= 15 is 0 Å². The first-order chi connectivity index (χ1) is 9.78. The first kappa shape index (κ1) is 12.5. The normalized spacial score (nSPS) is 10.8. The standard InChI is InChI=1S/C16H16N2O2/c1-2-10-20-13-7-5-12(6-8-13)14-11-18-9-3-4-15(19)16(18)17-14/h3-9,11,19H,2,10H2,1H3. The van der Waals surface area contributed by atoms with Gasteiger partial charge in [-0.3, -0.25) is 0 Å². The molecule has 0 atom stereocenters. The summed E-state index contributed by atoms with van der Waals surface area (Å²) in [6, 6.07) is 11.3. The zero-order valence-electron chi connectivity index (χ0n) is 11.3. The molecule has 102 valence electrons. The first-order valence-electron chi connectivity index (χ1n) is 6.68. The molecule has 0 unspecified atom stereocenters. The van der Waals surface area contributed by atoms with Crippen molar-refractivity contribution in [1.82, 2.24) is 9.38 Å². The Morgan fingerprint density at radius 3 is 2.70 bits per heavy atom. The maximum absolute atomic E-state index is 9.77. The van der Waals surface area contributed by atoms with Gasteiger partial charge in [-0.1, -0.05) is 6.92 Å². The fraction of sp³-hybridized carbons (Fsp3) is 0.188. The van der Waals surface area contributed by atoms with Crippen molar-refractivity contribution in [3.8, 4) is 22.8 Å². The zero-order chi connectivity index (χ0) is 13.9. The third-order valence-corrected chi connectivity index (χ3v) is 3.09. The van der Waals surface area contributed by atoms with Crippen LogP contribution < -0.4 is 4.74 Å². The van der Waals surface area contributed by atoms with E-state index in [4.69, 9.17) is 4.74 Å². The number of aromatic nitrogens is 2. The molecule has 0 aliphatic rings. The summed E-state index contributed by atoms with van der Waals surface area (Å²) in [5, 5.41) is 9.77. The van der Waals surface area contributed by atoms with Crippen LogP contribution in [0.1, 0.15) is 13.3 Å². The topological polar surface area (TPSA) is 46.8 Å². The van der Waals surface area contributed by atoms with E-state index in [0.717, 1.165) is 30.0 Å². The second-order valence-corrected chi connectivity index (χ2v) is 4.62. The lowest BCUT2D eigenvalue weighted by atomic mass is 10.2. The lowest BCUT2D eigenvalue weighted by Gasteiger charge is -2.04. The number of pyridine rings is 1. The largest absolute Gasteiger partial charge is 0.504 e. The Bertz CT molecular complexity index is 717. The summed E-state index contributed by atoms with van der Waals surface area (Å²) in [6.07, 6.45) is 4.76. The fourth-order valence-corrected chi connectivity index (χ4v) is 2.08. The third-order valence-electron chi connectivity index (χ3n) is 3.09. The van der Waals surface area contributed by atoms with E-state index in [1.165, 1.54) is 0 Å². The van der Waals surface area contributed by atoms with E-state index in [1.807, 2.05) is 41.1 Å². The summed E-state index contributed by atoms with van der Waals surface area (Å²) in [5.41, 5.74) is 2.39. The van der Waals surface area contributed by atoms with Gasteiger partial charge in [-0.25, -0.2) is 4.98 Å². The summed E-state index contributed by atoms with van der Waals surface area (Å²) in [5.74, 6) is 1.05. The van der Waals surface area contributed by atoms with Crippen molar-refractivity contribution in [2.75, 3.05) is 6.61 Å².